The molecule has 0 amide bonds. The minimum Gasteiger partial charge on any atom is -0.482 e. The van der Waals surface area contributed by atoms with Gasteiger partial charge in [0.15, 0.2) is 18.2 Å². The fraction of sp³-hybridized carbons (Fsp3) is 0.353. The monoisotopic (exact) mass is 349 g/mol. The maximum atomic E-state index is 13.6. The molecule has 0 fully saturated rings. The van der Waals surface area contributed by atoms with Crippen LogP contribution >= 0.6 is 0 Å². The van der Waals surface area contributed by atoms with Crippen molar-refractivity contribution in [2.24, 2.45) is 13.0 Å². The number of nitrogen functional groups attached to an aromatic ring is 1. The number of hydrogen-bond donors (Lipinski definition) is 1. The lowest BCUT2D eigenvalue weighted by Crippen LogP contribution is -2.43. The molecule has 8 heteroatoms. The smallest absolute Gasteiger partial charge is 0.332 e. The second-order valence-corrected chi connectivity index (χ2v) is 6.05. The first-order chi connectivity index (χ1) is 11.7. The SMILES string of the molecule is CC(C)Cn1c(N)c(C(=O)COc2ccccc2F)c(=O)n(C)c1=O. The fourth-order valence-electron chi connectivity index (χ4n) is 2.36. The van der Waals surface area contributed by atoms with E-state index >= 15 is 0 Å². The summed E-state index contributed by atoms with van der Waals surface area (Å²) in [6.07, 6.45) is 0. The molecule has 0 aliphatic heterocycles. The topological polar surface area (TPSA) is 96.3 Å². The van der Waals surface area contributed by atoms with Gasteiger partial charge in [-0.3, -0.25) is 18.7 Å². The maximum Gasteiger partial charge on any atom is 0.332 e. The number of Topliss-reactive ketones (excluding diaryl/α,β-unsaturated/α-hetero) is 1. The summed E-state index contributed by atoms with van der Waals surface area (Å²) in [4.78, 5) is 36.9. The molecular formula is C17H20FN3O4. The highest BCUT2D eigenvalue weighted by atomic mass is 19.1. The van der Waals surface area contributed by atoms with Crippen LogP contribution in [0.5, 0.6) is 5.75 Å². The van der Waals surface area contributed by atoms with Crippen molar-refractivity contribution in [3.63, 3.8) is 0 Å². The van der Waals surface area contributed by atoms with E-state index in [9.17, 15) is 18.8 Å². The average Bonchev–Trinajstić information content (AvgIpc) is 2.56. The number of ether oxygens (including phenoxy) is 1. The van der Waals surface area contributed by atoms with Crippen molar-refractivity contribution < 1.29 is 13.9 Å². The first-order valence-electron chi connectivity index (χ1n) is 7.73. The van der Waals surface area contributed by atoms with Crippen LogP contribution in [0.2, 0.25) is 0 Å². The second kappa shape index (κ2) is 7.33. The number of para-hydroxylation sites is 1. The highest BCUT2D eigenvalue weighted by molar-refractivity contribution is 6.00. The zero-order chi connectivity index (χ0) is 18.7. The third-order valence-corrected chi connectivity index (χ3v) is 3.61. The molecule has 1 heterocycles. The van der Waals surface area contributed by atoms with E-state index in [0.29, 0.717) is 0 Å². The first kappa shape index (κ1) is 18.4. The normalized spacial score (nSPS) is 10.9. The van der Waals surface area contributed by atoms with Crippen LogP contribution in [0.4, 0.5) is 10.2 Å². The number of carbonyl (C=O) groups is 1. The summed E-state index contributed by atoms with van der Waals surface area (Å²) in [5.74, 6) is -1.58. The van der Waals surface area contributed by atoms with Gasteiger partial charge in [0.05, 0.1) is 0 Å². The minimum absolute atomic E-state index is 0.0788. The molecule has 0 saturated carbocycles. The lowest BCUT2D eigenvalue weighted by atomic mass is 10.1. The molecule has 134 valence electrons. The third kappa shape index (κ3) is 3.78. The zero-order valence-corrected chi connectivity index (χ0v) is 14.3. The Morgan fingerprint density at radius 2 is 1.92 bits per heavy atom. The lowest BCUT2D eigenvalue weighted by molar-refractivity contribution is 0.0916. The number of nitrogens with zero attached hydrogens (tertiary/aromatic N) is 2. The minimum atomic E-state index is -0.801. The Morgan fingerprint density at radius 1 is 1.28 bits per heavy atom. The van der Waals surface area contributed by atoms with Crippen LogP contribution in [0.1, 0.15) is 24.2 Å². The molecule has 1 aromatic heterocycles. The van der Waals surface area contributed by atoms with Gasteiger partial charge in [0.2, 0.25) is 5.78 Å². The lowest BCUT2D eigenvalue weighted by Gasteiger charge is -2.16. The van der Waals surface area contributed by atoms with Gasteiger partial charge in [-0.1, -0.05) is 26.0 Å². The average molecular weight is 349 g/mol. The van der Waals surface area contributed by atoms with E-state index in [2.05, 4.69) is 0 Å². The number of hydrogen-bond acceptors (Lipinski definition) is 5. The van der Waals surface area contributed by atoms with Crippen molar-refractivity contribution in [3.8, 4) is 5.75 Å². The quantitative estimate of drug-likeness (QED) is 0.790. The molecule has 7 nitrogen and oxygen atoms in total. The van der Waals surface area contributed by atoms with Crippen molar-refractivity contribution in [2.45, 2.75) is 20.4 Å². The van der Waals surface area contributed by atoms with Crippen LogP contribution in [0.25, 0.3) is 0 Å². The third-order valence-electron chi connectivity index (χ3n) is 3.61. The van der Waals surface area contributed by atoms with Gasteiger partial charge < -0.3 is 10.5 Å². The van der Waals surface area contributed by atoms with E-state index in [1.54, 1.807) is 6.07 Å². The van der Waals surface area contributed by atoms with E-state index in [1.807, 2.05) is 13.8 Å². The van der Waals surface area contributed by atoms with Crippen LogP contribution in [-0.4, -0.2) is 21.5 Å². The molecule has 0 saturated heterocycles. The van der Waals surface area contributed by atoms with Gasteiger partial charge in [-0.2, -0.15) is 0 Å². The van der Waals surface area contributed by atoms with Gasteiger partial charge in [0.25, 0.3) is 5.56 Å². The Labute approximate surface area is 143 Å². The van der Waals surface area contributed by atoms with Crippen LogP contribution in [0.3, 0.4) is 0 Å². The van der Waals surface area contributed by atoms with Crippen LogP contribution in [-0.2, 0) is 13.6 Å². The Bertz CT molecular complexity index is 915. The number of aromatic nitrogens is 2. The molecule has 0 radical (unpaired) electrons. The molecule has 2 aromatic rings. The molecule has 0 aliphatic rings. The number of benzene rings is 1. The molecule has 25 heavy (non-hydrogen) atoms. The van der Waals surface area contributed by atoms with E-state index in [1.165, 1.54) is 29.8 Å². The first-order valence-corrected chi connectivity index (χ1v) is 7.73. The molecule has 2 rings (SSSR count). The van der Waals surface area contributed by atoms with Gasteiger partial charge in [-0.25, -0.2) is 9.18 Å². The van der Waals surface area contributed by atoms with Crippen molar-refractivity contribution in [1.29, 1.82) is 0 Å². The molecule has 0 atom stereocenters. The van der Waals surface area contributed by atoms with Crippen molar-refractivity contribution >= 4 is 11.6 Å². The van der Waals surface area contributed by atoms with Crippen molar-refractivity contribution in [2.75, 3.05) is 12.3 Å². The summed E-state index contributed by atoms with van der Waals surface area (Å²) in [6, 6.07) is 5.60. The van der Waals surface area contributed by atoms with Gasteiger partial charge in [-0.15, -0.1) is 0 Å². The standard InChI is InChI=1S/C17H20FN3O4/c1-10(2)8-21-15(19)14(16(23)20(3)17(21)24)12(22)9-25-13-7-5-4-6-11(13)18/h4-7,10H,8-9,19H2,1-3H3. The van der Waals surface area contributed by atoms with Gasteiger partial charge in [-0.05, 0) is 18.1 Å². The van der Waals surface area contributed by atoms with Gasteiger partial charge in [0, 0.05) is 13.6 Å². The number of anilines is 1. The van der Waals surface area contributed by atoms with Crippen molar-refractivity contribution in [1.82, 2.24) is 9.13 Å². The summed E-state index contributed by atoms with van der Waals surface area (Å²) in [7, 11) is 1.27. The molecule has 0 aliphatic carbocycles. The number of nitrogens with two attached hydrogens (primary N) is 1. The van der Waals surface area contributed by atoms with Crippen LogP contribution in [0, 0.1) is 11.7 Å². The van der Waals surface area contributed by atoms with E-state index in [4.69, 9.17) is 10.5 Å². The molecule has 1 aromatic carbocycles. The summed E-state index contributed by atoms with van der Waals surface area (Å²) >= 11 is 0. The summed E-state index contributed by atoms with van der Waals surface area (Å²) in [5, 5.41) is 0. The highest BCUT2D eigenvalue weighted by Gasteiger charge is 2.22. The van der Waals surface area contributed by atoms with Gasteiger partial charge in [0.1, 0.15) is 11.4 Å². The largest absolute Gasteiger partial charge is 0.482 e. The molecule has 0 bridgehead atoms. The highest BCUT2D eigenvalue weighted by Crippen LogP contribution is 2.16. The molecule has 2 N–H and O–H groups in total. The van der Waals surface area contributed by atoms with Crippen LogP contribution < -0.4 is 21.7 Å². The number of rotatable bonds is 6. The van der Waals surface area contributed by atoms with Gasteiger partial charge >= 0.3 is 5.69 Å². The number of carbonyl (C=O) groups excluding carboxylic acids is 1. The Hall–Kier alpha value is -2.90. The molecule has 0 unspecified atom stereocenters. The number of ketones is 1. The fourth-order valence-corrected chi connectivity index (χ4v) is 2.36. The Balaban J connectivity index is 2.39. The second-order valence-electron chi connectivity index (χ2n) is 6.05. The number of halogens is 1. The predicted octanol–water partition coefficient (Wildman–Crippen LogP) is 1.19. The zero-order valence-electron chi connectivity index (χ0n) is 14.3. The Morgan fingerprint density at radius 3 is 2.52 bits per heavy atom. The molecule has 0 spiro atoms. The van der Waals surface area contributed by atoms with E-state index in [-0.39, 0.29) is 29.6 Å². The maximum absolute atomic E-state index is 13.6. The Kier molecular flexibility index (Phi) is 5.41. The summed E-state index contributed by atoms with van der Waals surface area (Å²) < 4.78 is 20.7. The summed E-state index contributed by atoms with van der Waals surface area (Å²) in [5.41, 5.74) is 4.17. The van der Waals surface area contributed by atoms with Crippen molar-refractivity contribution in [3.05, 3.63) is 56.5 Å². The van der Waals surface area contributed by atoms with E-state index < -0.39 is 29.5 Å². The van der Waals surface area contributed by atoms with E-state index in [0.717, 1.165) is 4.57 Å². The predicted molar refractivity (Wildman–Crippen MR) is 91.4 cm³/mol. The summed E-state index contributed by atoms with van der Waals surface area (Å²) in [6.45, 7) is 3.44. The molecular weight excluding hydrogens is 329 g/mol. The van der Waals surface area contributed by atoms with Crippen LogP contribution in [0.15, 0.2) is 33.9 Å².